The smallest absolute Gasteiger partial charge is 0.138 e. The Hall–Kier alpha value is -0.870. The Morgan fingerprint density at radius 3 is 2.53 bits per heavy atom. The molecule has 1 N–H and O–H groups in total. The zero-order chi connectivity index (χ0) is 10.8. The van der Waals surface area contributed by atoms with E-state index < -0.39 is 0 Å². The van der Waals surface area contributed by atoms with Crippen molar-refractivity contribution in [2.24, 2.45) is 0 Å². The fourth-order valence-corrected chi connectivity index (χ4v) is 2.34. The molecule has 1 saturated heterocycles. The van der Waals surface area contributed by atoms with Crippen molar-refractivity contribution in [3.8, 4) is 0 Å². The van der Waals surface area contributed by atoms with Crippen LogP contribution in [0.25, 0.3) is 0 Å². The largest absolute Gasteiger partial charge is 0.361 e. The van der Waals surface area contributed by atoms with E-state index in [0.29, 0.717) is 6.04 Å². The maximum absolute atomic E-state index is 5.21. The summed E-state index contributed by atoms with van der Waals surface area (Å²) in [6.45, 7) is 10.6. The number of nitrogens with one attached hydrogen (secondary N) is 1. The lowest BCUT2D eigenvalue weighted by Crippen LogP contribution is -2.44. The number of piperazine rings is 1. The molecule has 4 nitrogen and oxygen atoms in total. The topological polar surface area (TPSA) is 41.3 Å². The first-order chi connectivity index (χ1) is 7.20. The van der Waals surface area contributed by atoms with Crippen LogP contribution in [0, 0.1) is 13.8 Å². The number of hydrogen-bond donors (Lipinski definition) is 1. The molecule has 1 unspecified atom stereocenters. The Labute approximate surface area is 90.6 Å². The number of rotatable bonds is 2. The summed E-state index contributed by atoms with van der Waals surface area (Å²) in [5, 5.41) is 7.38. The molecule has 0 saturated carbocycles. The lowest BCUT2D eigenvalue weighted by atomic mass is 10.0. The van der Waals surface area contributed by atoms with Gasteiger partial charge in [-0.3, -0.25) is 4.90 Å². The van der Waals surface area contributed by atoms with Gasteiger partial charge in [-0.05, 0) is 20.8 Å². The van der Waals surface area contributed by atoms with Gasteiger partial charge in [0.25, 0.3) is 0 Å². The van der Waals surface area contributed by atoms with Gasteiger partial charge in [0, 0.05) is 37.8 Å². The van der Waals surface area contributed by atoms with Crippen molar-refractivity contribution in [2.45, 2.75) is 26.8 Å². The van der Waals surface area contributed by atoms with Crippen LogP contribution >= 0.6 is 0 Å². The van der Waals surface area contributed by atoms with Gasteiger partial charge in [0.2, 0.25) is 0 Å². The van der Waals surface area contributed by atoms with Crippen LogP contribution in [0.1, 0.15) is 30.0 Å². The molecular weight excluding hydrogens is 190 g/mol. The van der Waals surface area contributed by atoms with Crippen molar-refractivity contribution in [3.63, 3.8) is 0 Å². The van der Waals surface area contributed by atoms with Crippen LogP contribution in [-0.2, 0) is 0 Å². The van der Waals surface area contributed by atoms with Gasteiger partial charge in [0.05, 0.1) is 5.69 Å². The first-order valence-electron chi connectivity index (χ1n) is 5.57. The number of hydrogen-bond acceptors (Lipinski definition) is 4. The quantitative estimate of drug-likeness (QED) is 0.796. The summed E-state index contributed by atoms with van der Waals surface area (Å²) >= 11 is 0. The van der Waals surface area contributed by atoms with Crippen LogP contribution in [0.15, 0.2) is 4.52 Å². The molecule has 0 spiro atoms. The maximum atomic E-state index is 5.21. The van der Waals surface area contributed by atoms with Gasteiger partial charge < -0.3 is 9.84 Å². The van der Waals surface area contributed by atoms with E-state index in [4.69, 9.17) is 4.52 Å². The minimum atomic E-state index is 0.415. The van der Waals surface area contributed by atoms with Gasteiger partial charge in [-0.25, -0.2) is 0 Å². The number of aryl methyl sites for hydroxylation is 2. The van der Waals surface area contributed by atoms with E-state index in [-0.39, 0.29) is 0 Å². The molecule has 1 atom stereocenters. The van der Waals surface area contributed by atoms with Crippen molar-refractivity contribution >= 4 is 0 Å². The molecule has 1 aliphatic heterocycles. The summed E-state index contributed by atoms with van der Waals surface area (Å²) in [6.07, 6.45) is 0. The normalized spacial score (nSPS) is 20.5. The average Bonchev–Trinajstić information content (AvgIpc) is 2.59. The van der Waals surface area contributed by atoms with E-state index in [1.165, 1.54) is 5.56 Å². The molecule has 2 heterocycles. The maximum Gasteiger partial charge on any atom is 0.138 e. The van der Waals surface area contributed by atoms with E-state index in [9.17, 15) is 0 Å². The molecule has 0 bridgehead atoms. The Morgan fingerprint density at radius 1 is 1.33 bits per heavy atom. The molecule has 0 aliphatic carbocycles. The predicted molar refractivity (Wildman–Crippen MR) is 58.8 cm³/mol. The highest BCUT2D eigenvalue weighted by Gasteiger charge is 2.23. The molecule has 15 heavy (non-hydrogen) atoms. The van der Waals surface area contributed by atoms with Crippen LogP contribution in [-0.4, -0.2) is 36.2 Å². The van der Waals surface area contributed by atoms with Gasteiger partial charge >= 0.3 is 0 Å². The molecule has 0 amide bonds. The minimum Gasteiger partial charge on any atom is -0.361 e. The monoisotopic (exact) mass is 209 g/mol. The molecule has 1 aliphatic rings. The van der Waals surface area contributed by atoms with Crippen molar-refractivity contribution in [3.05, 3.63) is 17.0 Å². The highest BCUT2D eigenvalue weighted by molar-refractivity contribution is 5.24. The third kappa shape index (κ3) is 2.06. The summed E-state index contributed by atoms with van der Waals surface area (Å²) in [5.74, 6) is 0.957. The zero-order valence-electron chi connectivity index (χ0n) is 9.71. The molecule has 1 aromatic heterocycles. The average molecular weight is 209 g/mol. The highest BCUT2D eigenvalue weighted by atomic mass is 16.5. The highest BCUT2D eigenvalue weighted by Crippen LogP contribution is 2.26. The molecular formula is C11H19N3O. The number of aromatic nitrogens is 1. The third-order valence-electron chi connectivity index (χ3n) is 3.21. The molecule has 0 radical (unpaired) electrons. The second kappa shape index (κ2) is 4.33. The summed E-state index contributed by atoms with van der Waals surface area (Å²) in [5.41, 5.74) is 2.29. The van der Waals surface area contributed by atoms with Crippen molar-refractivity contribution in [1.82, 2.24) is 15.4 Å². The molecule has 1 fully saturated rings. The van der Waals surface area contributed by atoms with Gasteiger partial charge in [0.1, 0.15) is 5.76 Å². The molecule has 2 rings (SSSR count). The van der Waals surface area contributed by atoms with Crippen LogP contribution in [0.3, 0.4) is 0 Å². The first kappa shape index (κ1) is 10.6. The minimum absolute atomic E-state index is 0.415. The first-order valence-corrected chi connectivity index (χ1v) is 5.57. The van der Waals surface area contributed by atoms with E-state index in [1.54, 1.807) is 0 Å². The predicted octanol–water partition coefficient (Wildman–Crippen LogP) is 1.26. The standard InChI is InChI=1S/C11H19N3O/c1-8-11(10(3)15-13-8)9(2)14-6-4-12-5-7-14/h9,12H,4-7H2,1-3H3. The summed E-state index contributed by atoms with van der Waals surface area (Å²) < 4.78 is 5.21. The summed E-state index contributed by atoms with van der Waals surface area (Å²) in [4.78, 5) is 2.48. The van der Waals surface area contributed by atoms with Gasteiger partial charge in [-0.1, -0.05) is 5.16 Å². The fraction of sp³-hybridized carbons (Fsp3) is 0.727. The molecule has 4 heteroatoms. The Morgan fingerprint density at radius 2 is 2.00 bits per heavy atom. The Bertz CT molecular complexity index is 309. The van der Waals surface area contributed by atoms with E-state index in [2.05, 4.69) is 22.3 Å². The van der Waals surface area contributed by atoms with Gasteiger partial charge in [0.15, 0.2) is 0 Å². The van der Waals surface area contributed by atoms with Crippen molar-refractivity contribution in [1.29, 1.82) is 0 Å². The third-order valence-corrected chi connectivity index (χ3v) is 3.21. The van der Waals surface area contributed by atoms with Crippen LogP contribution in [0.5, 0.6) is 0 Å². The second-order valence-corrected chi connectivity index (χ2v) is 4.20. The SMILES string of the molecule is Cc1noc(C)c1C(C)N1CCNCC1. The van der Waals surface area contributed by atoms with E-state index >= 15 is 0 Å². The van der Waals surface area contributed by atoms with E-state index in [1.807, 2.05) is 13.8 Å². The summed E-state index contributed by atoms with van der Waals surface area (Å²) in [6, 6.07) is 0.415. The lowest BCUT2D eigenvalue weighted by molar-refractivity contribution is 0.184. The van der Waals surface area contributed by atoms with Crippen LogP contribution in [0.2, 0.25) is 0 Å². The lowest BCUT2D eigenvalue weighted by Gasteiger charge is -2.32. The van der Waals surface area contributed by atoms with Crippen LogP contribution < -0.4 is 5.32 Å². The van der Waals surface area contributed by atoms with Crippen LogP contribution in [0.4, 0.5) is 0 Å². The molecule has 0 aromatic carbocycles. The zero-order valence-corrected chi connectivity index (χ0v) is 9.71. The Balaban J connectivity index is 2.15. The van der Waals surface area contributed by atoms with Gasteiger partial charge in [-0.15, -0.1) is 0 Å². The molecule has 1 aromatic rings. The fourth-order valence-electron chi connectivity index (χ4n) is 2.34. The van der Waals surface area contributed by atoms with Crippen molar-refractivity contribution in [2.75, 3.05) is 26.2 Å². The van der Waals surface area contributed by atoms with Crippen molar-refractivity contribution < 1.29 is 4.52 Å². The van der Waals surface area contributed by atoms with Gasteiger partial charge in [-0.2, -0.15) is 0 Å². The van der Waals surface area contributed by atoms with E-state index in [0.717, 1.165) is 37.6 Å². The number of nitrogens with zero attached hydrogens (tertiary/aromatic N) is 2. The molecule has 84 valence electrons. The summed E-state index contributed by atoms with van der Waals surface area (Å²) in [7, 11) is 0. The second-order valence-electron chi connectivity index (χ2n) is 4.20. The Kier molecular flexibility index (Phi) is 3.07.